The number of anilines is 1. The summed E-state index contributed by atoms with van der Waals surface area (Å²) < 4.78 is 0. The van der Waals surface area contributed by atoms with E-state index >= 15 is 0 Å². The Labute approximate surface area is 155 Å². The van der Waals surface area contributed by atoms with Crippen LogP contribution in [0.4, 0.5) is 5.69 Å². The monoisotopic (exact) mass is 353 g/mol. The van der Waals surface area contributed by atoms with E-state index in [0.29, 0.717) is 18.7 Å². The van der Waals surface area contributed by atoms with Gasteiger partial charge >= 0.3 is 0 Å². The van der Waals surface area contributed by atoms with Crippen molar-refractivity contribution in [2.45, 2.75) is 20.3 Å². The lowest BCUT2D eigenvalue weighted by molar-refractivity contribution is -0.120. The molecule has 2 aromatic rings. The molecule has 0 unspecified atom stereocenters. The molecule has 0 radical (unpaired) electrons. The standard InChI is InChI=1S/C21H27N3O2/c1-3-24(19-11-7-8-17(2)16-19)15-14-22-20(25)12-13-23-21(26)18-9-5-4-6-10-18/h4-11,16H,3,12-15H2,1-2H3,(H,22,25)(H,23,26). The minimum absolute atomic E-state index is 0.0568. The summed E-state index contributed by atoms with van der Waals surface area (Å²) in [6.45, 7) is 6.71. The van der Waals surface area contributed by atoms with Gasteiger partial charge in [0.1, 0.15) is 0 Å². The van der Waals surface area contributed by atoms with Crippen molar-refractivity contribution in [2.24, 2.45) is 0 Å². The van der Waals surface area contributed by atoms with E-state index in [1.165, 1.54) is 5.56 Å². The predicted molar refractivity (Wildman–Crippen MR) is 105 cm³/mol. The molecule has 0 aromatic heterocycles. The molecule has 0 saturated carbocycles. The number of benzene rings is 2. The average molecular weight is 353 g/mol. The van der Waals surface area contributed by atoms with E-state index in [2.05, 4.69) is 47.6 Å². The summed E-state index contributed by atoms with van der Waals surface area (Å²) in [7, 11) is 0. The maximum absolute atomic E-state index is 11.9. The molecular weight excluding hydrogens is 326 g/mol. The van der Waals surface area contributed by atoms with Gasteiger partial charge in [-0.3, -0.25) is 9.59 Å². The van der Waals surface area contributed by atoms with Gasteiger partial charge in [-0.1, -0.05) is 30.3 Å². The van der Waals surface area contributed by atoms with E-state index in [-0.39, 0.29) is 18.2 Å². The molecule has 138 valence electrons. The second-order valence-corrected chi connectivity index (χ2v) is 6.14. The van der Waals surface area contributed by atoms with E-state index in [1.54, 1.807) is 12.1 Å². The van der Waals surface area contributed by atoms with Crippen molar-refractivity contribution in [3.8, 4) is 0 Å². The van der Waals surface area contributed by atoms with E-state index in [9.17, 15) is 9.59 Å². The van der Waals surface area contributed by atoms with Gasteiger partial charge in [-0.2, -0.15) is 0 Å². The van der Waals surface area contributed by atoms with E-state index in [0.717, 1.165) is 18.8 Å². The van der Waals surface area contributed by atoms with Crippen LogP contribution in [0.5, 0.6) is 0 Å². The van der Waals surface area contributed by atoms with Crippen molar-refractivity contribution in [3.63, 3.8) is 0 Å². The van der Waals surface area contributed by atoms with E-state index < -0.39 is 0 Å². The number of carbonyl (C=O) groups is 2. The Morgan fingerprint density at radius 3 is 2.42 bits per heavy atom. The van der Waals surface area contributed by atoms with Gasteiger partial charge in [0.25, 0.3) is 5.91 Å². The Bertz CT molecular complexity index is 716. The van der Waals surface area contributed by atoms with Crippen molar-refractivity contribution in [1.29, 1.82) is 0 Å². The number of hydrogen-bond donors (Lipinski definition) is 2. The third kappa shape index (κ3) is 6.24. The van der Waals surface area contributed by atoms with Gasteiger partial charge in [0.05, 0.1) is 0 Å². The summed E-state index contributed by atoms with van der Waals surface area (Å²) in [6, 6.07) is 17.3. The van der Waals surface area contributed by atoms with Crippen LogP contribution in [0.3, 0.4) is 0 Å². The highest BCUT2D eigenvalue weighted by atomic mass is 16.2. The van der Waals surface area contributed by atoms with Gasteiger partial charge < -0.3 is 15.5 Å². The Balaban J connectivity index is 1.67. The molecule has 0 aliphatic rings. The maximum Gasteiger partial charge on any atom is 0.251 e. The molecule has 5 heteroatoms. The van der Waals surface area contributed by atoms with Gasteiger partial charge in [0.2, 0.25) is 5.91 Å². The topological polar surface area (TPSA) is 61.4 Å². The molecule has 0 heterocycles. The molecule has 0 atom stereocenters. The number of hydrogen-bond acceptors (Lipinski definition) is 3. The Kier molecular flexibility index (Phi) is 7.68. The van der Waals surface area contributed by atoms with Gasteiger partial charge in [0, 0.05) is 43.9 Å². The molecule has 0 bridgehead atoms. The molecule has 0 fully saturated rings. The van der Waals surface area contributed by atoms with Crippen LogP contribution < -0.4 is 15.5 Å². The molecule has 5 nitrogen and oxygen atoms in total. The highest BCUT2D eigenvalue weighted by Crippen LogP contribution is 2.14. The maximum atomic E-state index is 11.9. The fourth-order valence-corrected chi connectivity index (χ4v) is 2.69. The normalized spacial score (nSPS) is 10.2. The smallest absolute Gasteiger partial charge is 0.251 e. The van der Waals surface area contributed by atoms with Crippen LogP contribution >= 0.6 is 0 Å². The first-order chi connectivity index (χ1) is 12.6. The second-order valence-electron chi connectivity index (χ2n) is 6.14. The lowest BCUT2D eigenvalue weighted by Gasteiger charge is -2.23. The number of carbonyl (C=O) groups excluding carboxylic acids is 2. The quantitative estimate of drug-likeness (QED) is 0.729. The summed E-state index contributed by atoms with van der Waals surface area (Å²) in [4.78, 5) is 26.1. The number of nitrogens with zero attached hydrogens (tertiary/aromatic N) is 1. The lowest BCUT2D eigenvalue weighted by Crippen LogP contribution is -2.36. The minimum atomic E-state index is -0.157. The Morgan fingerprint density at radius 1 is 0.962 bits per heavy atom. The van der Waals surface area contributed by atoms with E-state index in [4.69, 9.17) is 0 Å². The van der Waals surface area contributed by atoms with Crippen molar-refractivity contribution in [3.05, 3.63) is 65.7 Å². The zero-order valence-corrected chi connectivity index (χ0v) is 15.5. The van der Waals surface area contributed by atoms with Gasteiger partial charge in [-0.25, -0.2) is 0 Å². The third-order valence-corrected chi connectivity index (χ3v) is 4.13. The van der Waals surface area contributed by atoms with Gasteiger partial charge in [0.15, 0.2) is 0 Å². The third-order valence-electron chi connectivity index (χ3n) is 4.13. The van der Waals surface area contributed by atoms with Crippen LogP contribution in [0.1, 0.15) is 29.3 Å². The second kappa shape index (κ2) is 10.2. The summed E-state index contributed by atoms with van der Waals surface area (Å²) in [5, 5.41) is 5.68. The number of amides is 2. The minimum Gasteiger partial charge on any atom is -0.370 e. The molecule has 0 aliphatic heterocycles. The molecule has 0 spiro atoms. The fraction of sp³-hybridized carbons (Fsp3) is 0.333. The highest BCUT2D eigenvalue weighted by Gasteiger charge is 2.07. The molecule has 0 aliphatic carbocycles. The first kappa shape index (κ1) is 19.5. The summed E-state index contributed by atoms with van der Waals surface area (Å²) in [6.07, 6.45) is 0.273. The first-order valence-electron chi connectivity index (χ1n) is 9.01. The van der Waals surface area contributed by atoms with Crippen molar-refractivity contribution >= 4 is 17.5 Å². The lowest BCUT2D eigenvalue weighted by atomic mass is 10.2. The molecule has 2 N–H and O–H groups in total. The van der Waals surface area contributed by atoms with Crippen LogP contribution in [-0.4, -0.2) is 38.0 Å². The summed E-state index contributed by atoms with van der Waals surface area (Å²) in [5.41, 5.74) is 2.99. The molecule has 2 amide bonds. The van der Waals surface area contributed by atoms with Crippen LogP contribution in [0.15, 0.2) is 54.6 Å². The average Bonchev–Trinajstić information content (AvgIpc) is 2.66. The highest BCUT2D eigenvalue weighted by molar-refractivity contribution is 5.94. The number of rotatable bonds is 9. The Hall–Kier alpha value is -2.82. The van der Waals surface area contributed by atoms with Crippen LogP contribution in [0, 0.1) is 6.92 Å². The number of aryl methyl sites for hydroxylation is 1. The Morgan fingerprint density at radius 2 is 1.73 bits per heavy atom. The number of nitrogens with one attached hydrogen (secondary N) is 2. The largest absolute Gasteiger partial charge is 0.370 e. The zero-order valence-electron chi connectivity index (χ0n) is 15.5. The molecule has 0 saturated heterocycles. The predicted octanol–water partition coefficient (Wildman–Crippen LogP) is 2.76. The molecular formula is C21H27N3O2. The zero-order chi connectivity index (χ0) is 18.8. The summed E-state index contributed by atoms with van der Waals surface area (Å²) >= 11 is 0. The van der Waals surface area contributed by atoms with Crippen molar-refractivity contribution in [1.82, 2.24) is 10.6 Å². The SMILES string of the molecule is CCN(CCNC(=O)CCNC(=O)c1ccccc1)c1cccc(C)c1. The van der Waals surface area contributed by atoms with Crippen LogP contribution in [0.25, 0.3) is 0 Å². The van der Waals surface area contributed by atoms with Gasteiger partial charge in [-0.05, 0) is 43.7 Å². The van der Waals surface area contributed by atoms with E-state index in [1.807, 2.05) is 24.3 Å². The molecule has 2 rings (SSSR count). The van der Waals surface area contributed by atoms with Crippen molar-refractivity contribution in [2.75, 3.05) is 31.1 Å². The summed E-state index contributed by atoms with van der Waals surface area (Å²) in [5.74, 6) is -0.214. The first-order valence-corrected chi connectivity index (χ1v) is 9.01. The molecule has 2 aromatic carbocycles. The van der Waals surface area contributed by atoms with Gasteiger partial charge in [-0.15, -0.1) is 0 Å². The fourth-order valence-electron chi connectivity index (χ4n) is 2.69. The number of likely N-dealkylation sites (N-methyl/N-ethyl adjacent to an activating group) is 1. The van der Waals surface area contributed by atoms with Crippen LogP contribution in [0.2, 0.25) is 0 Å². The molecule has 26 heavy (non-hydrogen) atoms. The van der Waals surface area contributed by atoms with Crippen LogP contribution in [-0.2, 0) is 4.79 Å². The van der Waals surface area contributed by atoms with Crippen molar-refractivity contribution < 1.29 is 9.59 Å².